The monoisotopic (exact) mass is 637 g/mol. The number of likely N-dealkylation sites (N-methyl/N-ethyl adjacent to an activating group) is 1. The van der Waals surface area contributed by atoms with Crippen molar-refractivity contribution in [3.63, 3.8) is 0 Å². The van der Waals surface area contributed by atoms with Gasteiger partial charge in [0.05, 0.1) is 29.5 Å². The average Bonchev–Trinajstić information content (AvgIpc) is 3.06. The number of carboxylic acids is 1. The number of carbonyl (C=O) groups excluding carboxylic acids is 7. The first kappa shape index (κ1) is 32.7. The molecular weight excluding hydrogens is 606 g/mol. The van der Waals surface area contributed by atoms with Crippen LogP contribution in [0.25, 0.3) is 0 Å². The van der Waals surface area contributed by atoms with Crippen LogP contribution in [0.3, 0.4) is 0 Å². The van der Waals surface area contributed by atoms with Crippen LogP contribution in [0.5, 0.6) is 0 Å². The Labute approximate surface area is 262 Å². The van der Waals surface area contributed by atoms with Gasteiger partial charge in [-0.05, 0) is 18.6 Å². The number of amides is 6. The lowest BCUT2D eigenvalue weighted by Crippen LogP contribution is -2.61. The summed E-state index contributed by atoms with van der Waals surface area (Å²) >= 11 is 1.58. The number of thioether (sulfide) groups is 1. The zero-order valence-electron chi connectivity index (χ0n) is 24.4. The summed E-state index contributed by atoms with van der Waals surface area (Å²) in [6, 6.07) is 7.17. The molecule has 6 amide bonds. The molecule has 5 rings (SSSR count). The van der Waals surface area contributed by atoms with Crippen molar-refractivity contribution in [3.05, 3.63) is 71.3 Å². The van der Waals surface area contributed by atoms with Crippen molar-refractivity contribution in [2.45, 2.75) is 25.3 Å². The van der Waals surface area contributed by atoms with E-state index in [0.29, 0.717) is 36.4 Å². The van der Waals surface area contributed by atoms with Crippen molar-refractivity contribution in [2.24, 2.45) is 5.92 Å². The Balaban J connectivity index is 0.000000293. The number of nitrogens with one attached hydrogen (secondary N) is 3. The first-order chi connectivity index (χ1) is 21.6. The van der Waals surface area contributed by atoms with Crippen LogP contribution in [0, 0.1) is 12.0 Å². The zero-order valence-corrected chi connectivity index (χ0v) is 25.2. The number of hydrogen-bond acceptors (Lipinski definition) is 10. The average molecular weight is 638 g/mol. The number of rotatable bonds is 10. The number of hydrazine groups is 1. The second-order valence-electron chi connectivity index (χ2n) is 9.98. The van der Waals surface area contributed by atoms with E-state index < -0.39 is 29.7 Å². The number of carboxylic acid groups (broad SMARTS) is 1. The van der Waals surface area contributed by atoms with E-state index in [9.17, 15) is 38.7 Å². The molecule has 45 heavy (non-hydrogen) atoms. The summed E-state index contributed by atoms with van der Waals surface area (Å²) in [5, 5.41) is 20.6. The van der Waals surface area contributed by atoms with Gasteiger partial charge >= 0.3 is 11.8 Å². The van der Waals surface area contributed by atoms with Gasteiger partial charge in [-0.3, -0.25) is 39.0 Å². The molecule has 1 aromatic carbocycles. The fourth-order valence-electron chi connectivity index (χ4n) is 5.05. The lowest BCUT2D eigenvalue weighted by atomic mass is 9.99. The predicted octanol–water partition coefficient (Wildman–Crippen LogP) is -2.04. The fourth-order valence-corrected chi connectivity index (χ4v) is 6.28. The van der Waals surface area contributed by atoms with Crippen molar-refractivity contribution in [2.75, 3.05) is 31.9 Å². The zero-order chi connectivity index (χ0) is 32.7. The molecule has 0 bridgehead atoms. The minimum atomic E-state index is -1.26. The summed E-state index contributed by atoms with van der Waals surface area (Å²) in [4.78, 5) is 86.0. The molecule has 0 aromatic heterocycles. The van der Waals surface area contributed by atoms with E-state index in [0.717, 1.165) is 10.0 Å². The number of β-lactam (4-membered cyclic amide) rings is 1. The minimum absolute atomic E-state index is 0.00500. The van der Waals surface area contributed by atoms with Crippen LogP contribution in [0.15, 0.2) is 59.7 Å². The SMILES string of the molecule is CCN1CCN(N(C=O)C(C(=O)NC2=C(NC=O)[C+]=CNC2)c2ccccc2)C(=O)C1=O.C[C@H]1C(=O)N2C(C(=O)[O-])=CCS[C@@H]12. The van der Waals surface area contributed by atoms with Crippen LogP contribution in [-0.2, 0) is 33.6 Å². The molecule has 3 atom stereocenters. The first-order valence-corrected chi connectivity index (χ1v) is 15.0. The molecule has 3 N–H and O–H groups in total. The van der Waals surface area contributed by atoms with Gasteiger partial charge in [0.25, 0.3) is 11.6 Å². The van der Waals surface area contributed by atoms with Gasteiger partial charge in [-0.1, -0.05) is 37.3 Å². The third-order valence-electron chi connectivity index (χ3n) is 7.38. The maximum absolute atomic E-state index is 13.4. The van der Waals surface area contributed by atoms with E-state index in [1.54, 1.807) is 49.0 Å². The largest absolute Gasteiger partial charge is 0.543 e. The maximum Gasteiger partial charge on any atom is 0.330 e. The summed E-state index contributed by atoms with van der Waals surface area (Å²) < 4.78 is 0. The highest BCUT2D eigenvalue weighted by Gasteiger charge is 2.47. The molecule has 1 aromatic rings. The third-order valence-corrected chi connectivity index (χ3v) is 8.70. The Morgan fingerprint density at radius 3 is 2.56 bits per heavy atom. The lowest BCUT2D eigenvalue weighted by molar-refractivity contribution is -0.301. The van der Waals surface area contributed by atoms with E-state index in [-0.39, 0.29) is 48.2 Å². The maximum atomic E-state index is 13.4. The van der Waals surface area contributed by atoms with Gasteiger partial charge < -0.3 is 20.1 Å². The van der Waals surface area contributed by atoms with Crippen LogP contribution in [0.4, 0.5) is 0 Å². The van der Waals surface area contributed by atoms with Crippen LogP contribution in [-0.4, -0.2) is 99.5 Å². The summed E-state index contributed by atoms with van der Waals surface area (Å²) in [5.41, 5.74) is 1.06. The quantitative estimate of drug-likeness (QED) is 0.111. The second-order valence-corrected chi connectivity index (χ2v) is 11.1. The number of nitrogens with zero attached hydrogens (tertiary/aromatic N) is 4. The number of hydrogen-bond donors (Lipinski definition) is 3. The number of dihydropyridines is 1. The summed E-state index contributed by atoms with van der Waals surface area (Å²) in [6.45, 7) is 4.42. The topological polar surface area (TPSA) is 192 Å². The second kappa shape index (κ2) is 14.5. The highest BCUT2D eigenvalue weighted by molar-refractivity contribution is 8.00. The molecule has 4 aliphatic rings. The van der Waals surface area contributed by atoms with Crippen molar-refractivity contribution >= 4 is 54.2 Å². The van der Waals surface area contributed by atoms with E-state index >= 15 is 0 Å². The molecule has 16 heteroatoms. The third kappa shape index (κ3) is 6.81. The Kier molecular flexibility index (Phi) is 10.5. The van der Waals surface area contributed by atoms with Crippen molar-refractivity contribution in [1.82, 2.24) is 35.8 Å². The number of aliphatic carboxylic acids is 1. The van der Waals surface area contributed by atoms with Crippen LogP contribution in [0.1, 0.15) is 25.5 Å². The van der Waals surface area contributed by atoms with Crippen LogP contribution < -0.4 is 21.1 Å². The fraction of sp³-hybridized carbons (Fsp3) is 0.345. The van der Waals surface area contributed by atoms with Gasteiger partial charge in [0.2, 0.25) is 24.4 Å². The van der Waals surface area contributed by atoms with E-state index in [1.807, 2.05) is 6.92 Å². The summed E-state index contributed by atoms with van der Waals surface area (Å²) in [6.07, 6.45) is 6.60. The Hall–Kier alpha value is -5.21. The molecule has 0 radical (unpaired) electrons. The molecule has 0 saturated carbocycles. The lowest BCUT2D eigenvalue weighted by Gasteiger charge is -2.48. The number of fused-ring (bicyclic) bond motifs is 1. The molecule has 2 fully saturated rings. The highest BCUT2D eigenvalue weighted by atomic mass is 32.2. The molecule has 4 heterocycles. The number of piperazine rings is 1. The molecule has 0 aliphatic carbocycles. The Bertz CT molecular complexity index is 1460. The van der Waals surface area contributed by atoms with Gasteiger partial charge in [0.15, 0.2) is 6.04 Å². The normalized spacial score (nSPS) is 21.1. The first-order valence-electron chi connectivity index (χ1n) is 14.0. The van der Waals surface area contributed by atoms with Crippen LogP contribution in [0.2, 0.25) is 0 Å². The summed E-state index contributed by atoms with van der Waals surface area (Å²) in [7, 11) is 0. The van der Waals surface area contributed by atoms with Gasteiger partial charge in [0.1, 0.15) is 18.8 Å². The Morgan fingerprint density at radius 2 is 1.91 bits per heavy atom. The number of allylic oxidation sites excluding steroid dienone is 1. The summed E-state index contributed by atoms with van der Waals surface area (Å²) in [5.74, 6) is -3.06. The predicted molar refractivity (Wildman–Crippen MR) is 157 cm³/mol. The van der Waals surface area contributed by atoms with Crippen molar-refractivity contribution in [1.29, 1.82) is 0 Å². The number of carbonyl (C=O) groups is 7. The highest BCUT2D eigenvalue weighted by Crippen LogP contribution is 2.40. The van der Waals surface area contributed by atoms with Gasteiger partial charge in [-0.15, -0.1) is 11.8 Å². The smallest absolute Gasteiger partial charge is 0.330 e. The molecular formula is C29H31N7O8S. The van der Waals surface area contributed by atoms with E-state index in [1.165, 1.54) is 22.1 Å². The molecule has 0 spiro atoms. The Morgan fingerprint density at radius 1 is 1.18 bits per heavy atom. The molecule has 2 saturated heterocycles. The van der Waals surface area contributed by atoms with E-state index in [4.69, 9.17) is 0 Å². The molecule has 15 nitrogen and oxygen atoms in total. The van der Waals surface area contributed by atoms with Crippen molar-refractivity contribution in [3.8, 4) is 0 Å². The standard InChI is InChI=1S/C21H22N6O5.C8H9NO3S/c1-2-25-10-11-26(21(32)20(25)31)27(14-29)18(15-6-4-3-5-7-15)19(30)24-17-12-22-9-8-16(17)23-13-28;1-4-6(10)9-5(8(11)12)2-3-13-7(4)9/h3-7,9,13-14,18H,2,10-12H2,1H3,(H2-,22,23,24,28,30,31,32);2,4,7H,3H2,1H3,(H,11,12)/t;4-,7-/m.0/s1. The molecule has 4 aliphatic heterocycles. The van der Waals surface area contributed by atoms with Gasteiger partial charge in [-0.25, -0.2) is 15.3 Å². The number of benzene rings is 1. The minimum Gasteiger partial charge on any atom is -0.543 e. The van der Waals surface area contributed by atoms with Crippen molar-refractivity contribution < 1.29 is 38.7 Å². The van der Waals surface area contributed by atoms with Crippen LogP contribution >= 0.6 is 11.8 Å². The van der Waals surface area contributed by atoms with Gasteiger partial charge in [0, 0.05) is 18.8 Å². The molecule has 236 valence electrons. The molecule has 1 unspecified atom stereocenters. The van der Waals surface area contributed by atoms with E-state index in [2.05, 4.69) is 22.0 Å². The van der Waals surface area contributed by atoms with Gasteiger partial charge in [-0.2, -0.15) is 0 Å².